The highest BCUT2D eigenvalue weighted by Crippen LogP contribution is 2.12. The number of nitriles is 1. The largest absolute Gasteiger partial charge is 0.369 e. The minimum atomic E-state index is -0.379. The summed E-state index contributed by atoms with van der Waals surface area (Å²) >= 11 is 0. The number of benzene rings is 1. The van der Waals surface area contributed by atoms with Crippen molar-refractivity contribution in [1.82, 2.24) is 5.32 Å². The van der Waals surface area contributed by atoms with E-state index in [0.29, 0.717) is 5.56 Å². The Labute approximate surface area is 88.7 Å². The van der Waals surface area contributed by atoms with Crippen LogP contribution in [0.5, 0.6) is 0 Å². The molecule has 0 fully saturated rings. The van der Waals surface area contributed by atoms with Crippen molar-refractivity contribution >= 4 is 5.91 Å². The number of primary amides is 1. The van der Waals surface area contributed by atoms with Gasteiger partial charge in [-0.2, -0.15) is 5.26 Å². The Balaban J connectivity index is 2.62. The van der Waals surface area contributed by atoms with Gasteiger partial charge in [0.05, 0.1) is 18.2 Å². The molecule has 1 atom stereocenters. The van der Waals surface area contributed by atoms with E-state index in [1.54, 1.807) is 12.1 Å². The van der Waals surface area contributed by atoms with Gasteiger partial charge in [-0.1, -0.05) is 12.1 Å². The van der Waals surface area contributed by atoms with Crippen LogP contribution in [0.1, 0.15) is 24.1 Å². The number of rotatable bonds is 4. The van der Waals surface area contributed by atoms with Gasteiger partial charge in [0.15, 0.2) is 0 Å². The van der Waals surface area contributed by atoms with E-state index >= 15 is 0 Å². The number of nitrogens with zero attached hydrogens (tertiary/aromatic N) is 1. The third kappa shape index (κ3) is 3.41. The molecule has 15 heavy (non-hydrogen) atoms. The molecule has 3 N–H and O–H groups in total. The van der Waals surface area contributed by atoms with E-state index in [2.05, 4.69) is 5.32 Å². The summed E-state index contributed by atoms with van der Waals surface area (Å²) in [6.45, 7) is 2.09. The Morgan fingerprint density at radius 3 is 2.60 bits per heavy atom. The highest BCUT2D eigenvalue weighted by Gasteiger charge is 2.05. The molecule has 0 aliphatic heterocycles. The van der Waals surface area contributed by atoms with Crippen molar-refractivity contribution in [3.63, 3.8) is 0 Å². The van der Waals surface area contributed by atoms with Gasteiger partial charge >= 0.3 is 0 Å². The molecule has 1 aromatic carbocycles. The predicted molar refractivity (Wildman–Crippen MR) is 56.8 cm³/mol. The predicted octanol–water partition coefficient (Wildman–Crippen LogP) is 0.694. The first-order valence-electron chi connectivity index (χ1n) is 4.65. The highest BCUT2D eigenvalue weighted by atomic mass is 16.1. The van der Waals surface area contributed by atoms with E-state index in [1.165, 1.54) is 0 Å². The van der Waals surface area contributed by atoms with Crippen LogP contribution in [0.15, 0.2) is 24.3 Å². The Kier molecular flexibility index (Phi) is 3.83. The molecular weight excluding hydrogens is 190 g/mol. The van der Waals surface area contributed by atoms with Crippen LogP contribution >= 0.6 is 0 Å². The fourth-order valence-electron chi connectivity index (χ4n) is 1.22. The van der Waals surface area contributed by atoms with Crippen LogP contribution in [0.3, 0.4) is 0 Å². The molecule has 4 nitrogen and oxygen atoms in total. The molecule has 0 saturated heterocycles. The van der Waals surface area contributed by atoms with Gasteiger partial charge in [0, 0.05) is 6.04 Å². The van der Waals surface area contributed by atoms with Gasteiger partial charge < -0.3 is 11.1 Å². The Morgan fingerprint density at radius 1 is 1.53 bits per heavy atom. The molecule has 1 rings (SSSR count). The molecule has 0 bridgehead atoms. The molecule has 78 valence electrons. The molecule has 0 spiro atoms. The zero-order valence-electron chi connectivity index (χ0n) is 8.53. The van der Waals surface area contributed by atoms with E-state index < -0.39 is 0 Å². The van der Waals surface area contributed by atoms with Crippen LogP contribution in [0, 0.1) is 11.3 Å². The molecule has 0 saturated carbocycles. The summed E-state index contributed by atoms with van der Waals surface area (Å²) in [5, 5.41) is 11.6. The zero-order valence-corrected chi connectivity index (χ0v) is 8.53. The number of carbonyl (C=O) groups excluding carboxylic acids is 1. The third-order valence-corrected chi connectivity index (χ3v) is 2.12. The molecule has 0 heterocycles. The zero-order chi connectivity index (χ0) is 11.3. The van der Waals surface area contributed by atoms with Gasteiger partial charge in [0.1, 0.15) is 0 Å². The monoisotopic (exact) mass is 203 g/mol. The van der Waals surface area contributed by atoms with Crippen molar-refractivity contribution in [3.8, 4) is 6.07 Å². The van der Waals surface area contributed by atoms with Crippen molar-refractivity contribution in [1.29, 1.82) is 5.26 Å². The summed E-state index contributed by atoms with van der Waals surface area (Å²) in [6.07, 6.45) is 0. The van der Waals surface area contributed by atoms with E-state index in [-0.39, 0.29) is 18.5 Å². The van der Waals surface area contributed by atoms with Gasteiger partial charge in [0.2, 0.25) is 5.91 Å². The highest BCUT2D eigenvalue weighted by molar-refractivity contribution is 5.75. The SMILES string of the molecule is CC(NCC(N)=O)c1ccc(C#N)cc1. The minimum Gasteiger partial charge on any atom is -0.369 e. The molecule has 4 heteroatoms. The lowest BCUT2D eigenvalue weighted by atomic mass is 10.1. The Bertz CT molecular complexity index is 378. The van der Waals surface area contributed by atoms with Crippen molar-refractivity contribution in [2.45, 2.75) is 13.0 Å². The van der Waals surface area contributed by atoms with Gasteiger partial charge in [0.25, 0.3) is 0 Å². The number of amides is 1. The standard InChI is InChI=1S/C11H13N3O/c1-8(14-7-11(13)15)10-4-2-9(6-12)3-5-10/h2-5,8,14H,7H2,1H3,(H2,13,15). The number of carbonyl (C=O) groups is 1. The molecule has 0 aliphatic carbocycles. The van der Waals surface area contributed by atoms with Crippen molar-refractivity contribution in [2.75, 3.05) is 6.54 Å². The number of nitrogens with one attached hydrogen (secondary N) is 1. The summed E-state index contributed by atoms with van der Waals surface area (Å²) in [6, 6.07) is 9.31. The fraction of sp³-hybridized carbons (Fsp3) is 0.273. The second-order valence-electron chi connectivity index (χ2n) is 3.30. The quantitative estimate of drug-likeness (QED) is 0.755. The molecule has 1 unspecified atom stereocenters. The third-order valence-electron chi connectivity index (χ3n) is 2.12. The van der Waals surface area contributed by atoms with E-state index in [4.69, 9.17) is 11.0 Å². The summed E-state index contributed by atoms with van der Waals surface area (Å²) in [5.74, 6) is -0.379. The topological polar surface area (TPSA) is 78.9 Å². The van der Waals surface area contributed by atoms with Crippen LogP contribution < -0.4 is 11.1 Å². The minimum absolute atomic E-state index is 0.0465. The first kappa shape index (κ1) is 11.2. The second-order valence-corrected chi connectivity index (χ2v) is 3.30. The average Bonchev–Trinajstić information content (AvgIpc) is 2.26. The van der Waals surface area contributed by atoms with Crippen LogP contribution in [-0.4, -0.2) is 12.5 Å². The van der Waals surface area contributed by atoms with Crippen molar-refractivity contribution < 1.29 is 4.79 Å². The van der Waals surface area contributed by atoms with Crippen molar-refractivity contribution in [2.24, 2.45) is 5.73 Å². The van der Waals surface area contributed by atoms with Crippen LogP contribution in [0.2, 0.25) is 0 Å². The molecule has 1 amide bonds. The van der Waals surface area contributed by atoms with Crippen LogP contribution in [0.25, 0.3) is 0 Å². The Morgan fingerprint density at radius 2 is 2.13 bits per heavy atom. The van der Waals surface area contributed by atoms with Gasteiger partial charge in [-0.25, -0.2) is 0 Å². The lowest BCUT2D eigenvalue weighted by molar-refractivity contribution is -0.117. The maximum atomic E-state index is 10.6. The number of hydrogen-bond donors (Lipinski definition) is 2. The molecule has 0 aromatic heterocycles. The maximum Gasteiger partial charge on any atom is 0.231 e. The molecular formula is C11H13N3O. The second kappa shape index (κ2) is 5.13. The average molecular weight is 203 g/mol. The van der Waals surface area contributed by atoms with Gasteiger partial charge in [-0.15, -0.1) is 0 Å². The Hall–Kier alpha value is -1.86. The normalized spacial score (nSPS) is 11.7. The number of nitrogens with two attached hydrogens (primary N) is 1. The number of hydrogen-bond acceptors (Lipinski definition) is 3. The molecule has 1 aromatic rings. The maximum absolute atomic E-state index is 10.6. The van der Waals surface area contributed by atoms with Crippen LogP contribution in [0.4, 0.5) is 0 Å². The van der Waals surface area contributed by atoms with E-state index in [0.717, 1.165) is 5.56 Å². The summed E-state index contributed by atoms with van der Waals surface area (Å²) in [4.78, 5) is 10.6. The lowest BCUT2D eigenvalue weighted by Gasteiger charge is -2.12. The first-order valence-corrected chi connectivity index (χ1v) is 4.65. The van der Waals surface area contributed by atoms with Crippen LogP contribution in [-0.2, 0) is 4.79 Å². The summed E-state index contributed by atoms with van der Waals surface area (Å²) in [5.41, 5.74) is 6.67. The molecule has 0 radical (unpaired) electrons. The first-order chi connectivity index (χ1) is 7.13. The van der Waals surface area contributed by atoms with Gasteiger partial charge in [-0.05, 0) is 24.6 Å². The fourth-order valence-corrected chi connectivity index (χ4v) is 1.22. The summed E-state index contributed by atoms with van der Waals surface area (Å²) < 4.78 is 0. The van der Waals surface area contributed by atoms with E-state index in [1.807, 2.05) is 25.1 Å². The smallest absolute Gasteiger partial charge is 0.231 e. The van der Waals surface area contributed by atoms with Gasteiger partial charge in [-0.3, -0.25) is 4.79 Å². The summed E-state index contributed by atoms with van der Waals surface area (Å²) in [7, 11) is 0. The van der Waals surface area contributed by atoms with E-state index in [9.17, 15) is 4.79 Å². The van der Waals surface area contributed by atoms with Crippen molar-refractivity contribution in [3.05, 3.63) is 35.4 Å². The molecule has 0 aliphatic rings. The lowest BCUT2D eigenvalue weighted by Crippen LogP contribution is -2.30.